The molecule has 3 unspecified atom stereocenters. The van der Waals surface area contributed by atoms with Gasteiger partial charge in [-0.2, -0.15) is 0 Å². The van der Waals surface area contributed by atoms with Gasteiger partial charge in [0.1, 0.15) is 12.4 Å². The van der Waals surface area contributed by atoms with Gasteiger partial charge in [-0.1, -0.05) is 36.4 Å². The molecule has 0 aliphatic carbocycles. The summed E-state index contributed by atoms with van der Waals surface area (Å²) < 4.78 is 15.9. The highest BCUT2D eigenvalue weighted by Gasteiger charge is 2.25. The van der Waals surface area contributed by atoms with Crippen molar-refractivity contribution in [2.75, 3.05) is 20.3 Å². The average Bonchev–Trinajstić information content (AvgIpc) is 2.84. The maximum Gasteiger partial charge on any atom is 0.328 e. The van der Waals surface area contributed by atoms with Crippen molar-refractivity contribution < 1.29 is 54.4 Å². The Morgan fingerprint density at radius 1 is 1.11 bits per heavy atom. The molecule has 0 fully saturated rings. The van der Waals surface area contributed by atoms with Crippen LogP contribution >= 0.6 is 0 Å². The molecule has 0 aliphatic heterocycles. The van der Waals surface area contributed by atoms with E-state index in [9.17, 15) is 24.9 Å². The lowest BCUT2D eigenvalue weighted by atomic mass is 9.99. The molecule has 6 N–H and O–H groups in total. The predicted molar refractivity (Wildman–Crippen MR) is 134 cm³/mol. The number of aliphatic hydroxyl groups is 4. The Balaban J connectivity index is 3.08. The van der Waals surface area contributed by atoms with Crippen LogP contribution in [0.3, 0.4) is 0 Å². The fraction of sp³-hybridized carbons (Fsp3) is 0.385. The summed E-state index contributed by atoms with van der Waals surface area (Å²) in [6, 6.07) is 3.22. The van der Waals surface area contributed by atoms with Crippen molar-refractivity contribution >= 4 is 24.4 Å². The minimum Gasteiger partial charge on any atom is -0.507 e. The molecule has 0 saturated carbocycles. The van der Waals surface area contributed by atoms with Crippen molar-refractivity contribution in [2.45, 2.75) is 45.1 Å². The van der Waals surface area contributed by atoms with E-state index in [1.807, 2.05) is 0 Å². The molecule has 1 aromatic rings. The monoisotopic (exact) mass is 522 g/mol. The third-order valence-corrected chi connectivity index (χ3v) is 4.87. The number of hydrogen-bond donors (Lipinski definition) is 6. The SMILES string of the molecule is COCCC(=C/c1ccc(/C=C/C=C/C(=O)O)c(O)c1C=O)/C=C(\C)OCC(C)OC(O)C(O)C(O)O. The molecule has 0 amide bonds. The highest BCUT2D eigenvalue weighted by Crippen LogP contribution is 2.28. The normalized spacial score (nSPS) is 15.4. The lowest BCUT2D eigenvalue weighted by Crippen LogP contribution is -2.41. The van der Waals surface area contributed by atoms with Crippen molar-refractivity contribution in [1.29, 1.82) is 0 Å². The number of aldehydes is 1. The molecule has 0 saturated heterocycles. The van der Waals surface area contributed by atoms with Crippen LogP contribution in [0.5, 0.6) is 5.75 Å². The Labute approximate surface area is 214 Å². The fourth-order valence-electron chi connectivity index (χ4n) is 2.98. The van der Waals surface area contributed by atoms with Crippen LogP contribution in [-0.4, -0.2) is 88.0 Å². The zero-order valence-electron chi connectivity index (χ0n) is 20.9. The van der Waals surface area contributed by atoms with Gasteiger partial charge in [-0.3, -0.25) is 4.79 Å². The maximum absolute atomic E-state index is 11.7. The number of phenols is 1. The first kappa shape index (κ1) is 31.7. The molecule has 0 radical (unpaired) electrons. The summed E-state index contributed by atoms with van der Waals surface area (Å²) in [6.45, 7) is 3.57. The minimum absolute atomic E-state index is 0.0249. The second kappa shape index (κ2) is 16.4. The first-order chi connectivity index (χ1) is 17.5. The van der Waals surface area contributed by atoms with Crippen LogP contribution < -0.4 is 0 Å². The Bertz CT molecular complexity index is 1010. The highest BCUT2D eigenvalue weighted by molar-refractivity contribution is 5.88. The van der Waals surface area contributed by atoms with Gasteiger partial charge in [0.05, 0.1) is 24.0 Å². The number of rotatable bonds is 16. The summed E-state index contributed by atoms with van der Waals surface area (Å²) >= 11 is 0. The smallest absolute Gasteiger partial charge is 0.328 e. The molecule has 11 heteroatoms. The first-order valence-electron chi connectivity index (χ1n) is 11.3. The van der Waals surface area contributed by atoms with Gasteiger partial charge in [-0.25, -0.2) is 4.79 Å². The van der Waals surface area contributed by atoms with E-state index in [1.54, 1.807) is 38.1 Å². The van der Waals surface area contributed by atoms with Crippen LogP contribution in [-0.2, 0) is 19.0 Å². The predicted octanol–water partition coefficient (Wildman–Crippen LogP) is 1.59. The number of aromatic hydroxyl groups is 1. The van der Waals surface area contributed by atoms with E-state index in [1.165, 1.54) is 25.3 Å². The zero-order valence-corrected chi connectivity index (χ0v) is 20.9. The lowest BCUT2D eigenvalue weighted by molar-refractivity contribution is -0.245. The Morgan fingerprint density at radius 2 is 1.78 bits per heavy atom. The molecule has 11 nitrogen and oxygen atoms in total. The van der Waals surface area contributed by atoms with Crippen LogP contribution in [0.2, 0.25) is 0 Å². The van der Waals surface area contributed by atoms with Gasteiger partial charge in [0, 0.05) is 18.7 Å². The molecule has 0 aliphatic rings. The summed E-state index contributed by atoms with van der Waals surface area (Å²) in [4.78, 5) is 22.3. The maximum atomic E-state index is 11.7. The number of aliphatic carboxylic acids is 1. The molecule has 204 valence electrons. The van der Waals surface area contributed by atoms with E-state index in [-0.39, 0.29) is 17.9 Å². The quantitative estimate of drug-likeness (QED) is 0.0609. The lowest BCUT2D eigenvalue weighted by Gasteiger charge is -2.23. The van der Waals surface area contributed by atoms with Crippen LogP contribution in [0.25, 0.3) is 12.2 Å². The van der Waals surface area contributed by atoms with Gasteiger partial charge in [0.15, 0.2) is 25.0 Å². The van der Waals surface area contributed by atoms with Crippen LogP contribution in [0.15, 0.2) is 47.8 Å². The molecule has 0 spiro atoms. The second-order valence-corrected chi connectivity index (χ2v) is 7.95. The van der Waals surface area contributed by atoms with E-state index < -0.39 is 30.8 Å². The van der Waals surface area contributed by atoms with Gasteiger partial charge >= 0.3 is 5.97 Å². The summed E-state index contributed by atoms with van der Waals surface area (Å²) in [6.07, 6.45) is 2.90. The number of ether oxygens (including phenoxy) is 3. The molecular formula is C26H34O11. The van der Waals surface area contributed by atoms with Gasteiger partial charge < -0.3 is 44.8 Å². The standard InChI is InChI=1S/C26H34O11/c1-16(36-15-17(2)37-26(34)24(31)25(32)33)12-18(10-11-35-3)13-20-9-8-19(23(30)21(20)14-27)6-4-5-7-22(28)29/h4-9,12-14,17,24-26,30-34H,10-11,15H2,1-3H3,(H,28,29)/b6-4+,7-5+,16-12+,18-13-. The zero-order chi connectivity index (χ0) is 28.0. The molecule has 3 atom stereocenters. The second-order valence-electron chi connectivity index (χ2n) is 7.95. The van der Waals surface area contributed by atoms with E-state index in [0.717, 1.165) is 6.08 Å². The number of benzene rings is 1. The minimum atomic E-state index is -2.16. The van der Waals surface area contributed by atoms with Crippen LogP contribution in [0.4, 0.5) is 0 Å². The number of hydrogen-bond acceptors (Lipinski definition) is 10. The molecule has 0 heterocycles. The largest absolute Gasteiger partial charge is 0.507 e. The number of carbonyl (C=O) groups is 2. The summed E-state index contributed by atoms with van der Waals surface area (Å²) in [7, 11) is 1.54. The number of carboxylic acids is 1. The number of carbonyl (C=O) groups excluding carboxylic acids is 1. The van der Waals surface area contributed by atoms with Gasteiger partial charge in [-0.15, -0.1) is 0 Å². The molecule has 0 aromatic heterocycles. The summed E-state index contributed by atoms with van der Waals surface area (Å²) in [5.74, 6) is -0.915. The fourth-order valence-corrected chi connectivity index (χ4v) is 2.98. The molecular weight excluding hydrogens is 488 g/mol. The number of aliphatic hydroxyl groups excluding tert-OH is 3. The van der Waals surface area contributed by atoms with Crippen molar-refractivity contribution in [2.24, 2.45) is 0 Å². The van der Waals surface area contributed by atoms with Crippen molar-refractivity contribution in [3.63, 3.8) is 0 Å². The van der Waals surface area contributed by atoms with Crippen LogP contribution in [0, 0.1) is 0 Å². The Morgan fingerprint density at radius 3 is 2.38 bits per heavy atom. The van der Waals surface area contributed by atoms with E-state index in [2.05, 4.69) is 0 Å². The third-order valence-electron chi connectivity index (χ3n) is 4.87. The third kappa shape index (κ3) is 11.5. The Kier molecular flexibility index (Phi) is 14.1. The highest BCUT2D eigenvalue weighted by atomic mass is 16.6. The van der Waals surface area contributed by atoms with Crippen molar-refractivity contribution in [3.8, 4) is 5.75 Å². The number of methoxy groups -OCH3 is 1. The van der Waals surface area contributed by atoms with Gasteiger partial charge in [-0.05, 0) is 37.5 Å². The summed E-state index contributed by atoms with van der Waals surface area (Å²) in [5, 5.41) is 56.0. The molecule has 37 heavy (non-hydrogen) atoms. The topological polar surface area (TPSA) is 183 Å². The summed E-state index contributed by atoms with van der Waals surface area (Å²) in [5.41, 5.74) is 1.53. The molecule has 1 rings (SSSR count). The van der Waals surface area contributed by atoms with E-state index >= 15 is 0 Å². The van der Waals surface area contributed by atoms with Gasteiger partial charge in [0.2, 0.25) is 0 Å². The van der Waals surface area contributed by atoms with Crippen molar-refractivity contribution in [3.05, 3.63) is 64.5 Å². The van der Waals surface area contributed by atoms with E-state index in [4.69, 9.17) is 29.5 Å². The van der Waals surface area contributed by atoms with Gasteiger partial charge in [0.25, 0.3) is 0 Å². The first-order valence-corrected chi connectivity index (χ1v) is 11.3. The Hall–Kier alpha value is -3.32. The molecule has 1 aromatic carbocycles. The average molecular weight is 523 g/mol. The van der Waals surface area contributed by atoms with Crippen molar-refractivity contribution in [1.82, 2.24) is 0 Å². The van der Waals surface area contributed by atoms with E-state index in [0.29, 0.717) is 41.8 Å². The van der Waals surface area contributed by atoms with Crippen LogP contribution in [0.1, 0.15) is 41.8 Å². The number of carboxylic acid groups (broad SMARTS) is 1. The molecule has 0 bridgehead atoms. The number of allylic oxidation sites excluding steroid dienone is 4. The number of phenolic OH excluding ortho intramolecular Hbond substituents is 1.